The van der Waals surface area contributed by atoms with E-state index in [1.165, 1.54) is 57.6 Å². The second-order valence-corrected chi connectivity index (χ2v) is 12.4. The molecule has 5 rings (SSSR count). The molecule has 10 heteroatoms. The van der Waals surface area contributed by atoms with Gasteiger partial charge in [-0.3, -0.25) is 19.4 Å². The van der Waals surface area contributed by atoms with Crippen molar-refractivity contribution in [1.29, 1.82) is 0 Å². The van der Waals surface area contributed by atoms with Crippen molar-refractivity contribution < 1.29 is 14.4 Å². The van der Waals surface area contributed by atoms with Crippen LogP contribution in [0.1, 0.15) is 95.3 Å². The van der Waals surface area contributed by atoms with Gasteiger partial charge in [0.2, 0.25) is 0 Å². The number of anilines is 2. The number of nitrogens with zero attached hydrogens (tertiary/aromatic N) is 1. The third kappa shape index (κ3) is 10.2. The summed E-state index contributed by atoms with van der Waals surface area (Å²) in [5.74, 6) is 0.477. The van der Waals surface area contributed by atoms with Crippen molar-refractivity contribution in [2.75, 3.05) is 24.1 Å². The monoisotopic (exact) mass is 637 g/mol. The van der Waals surface area contributed by atoms with Gasteiger partial charge >= 0.3 is 0 Å². The van der Waals surface area contributed by atoms with Crippen molar-refractivity contribution in [3.8, 4) is 0 Å². The van der Waals surface area contributed by atoms with Crippen LogP contribution in [0.4, 0.5) is 11.4 Å². The Kier molecular flexibility index (Phi) is 12.9. The first-order chi connectivity index (χ1) is 21.3. The van der Waals surface area contributed by atoms with E-state index in [0.29, 0.717) is 56.5 Å². The first-order valence-electron chi connectivity index (χ1n) is 15.4. The zero-order chi connectivity index (χ0) is 31.3. The number of amides is 3. The number of nitrogens with one attached hydrogen (secondary N) is 3. The molecule has 0 bridgehead atoms. The lowest BCUT2D eigenvalue weighted by Gasteiger charge is -2.22. The highest BCUT2D eigenvalue weighted by Gasteiger charge is 2.19. The number of rotatable bonds is 8. The fraction of sp³-hybridized carbons (Fsp3) is 0.412. The fourth-order valence-corrected chi connectivity index (χ4v) is 6.02. The molecule has 0 aliphatic heterocycles. The second-order valence-electron chi connectivity index (χ2n) is 11.5. The topological polar surface area (TPSA) is 126 Å². The first kappa shape index (κ1) is 33.3. The van der Waals surface area contributed by atoms with Crippen LogP contribution in [-0.2, 0) is 0 Å². The number of nitrogen functional groups attached to an aromatic ring is 1. The number of carbonyl (C=O) groups is 3. The van der Waals surface area contributed by atoms with E-state index in [0.717, 1.165) is 19.4 Å². The number of hydrogen-bond acceptors (Lipinski definition) is 5. The van der Waals surface area contributed by atoms with Crippen LogP contribution >= 0.6 is 23.2 Å². The molecule has 0 unspecified atom stereocenters. The van der Waals surface area contributed by atoms with Crippen LogP contribution in [0, 0.1) is 11.8 Å². The van der Waals surface area contributed by atoms with Gasteiger partial charge in [0, 0.05) is 41.2 Å². The van der Waals surface area contributed by atoms with E-state index in [9.17, 15) is 14.4 Å². The molecule has 2 saturated carbocycles. The molecule has 1 aromatic heterocycles. The van der Waals surface area contributed by atoms with Crippen molar-refractivity contribution in [2.24, 2.45) is 11.8 Å². The summed E-state index contributed by atoms with van der Waals surface area (Å²) in [5, 5.41) is 9.71. The van der Waals surface area contributed by atoms with Crippen molar-refractivity contribution in [3.63, 3.8) is 0 Å². The molecule has 8 nitrogen and oxygen atoms in total. The Balaban J connectivity index is 0.000000215. The van der Waals surface area contributed by atoms with Gasteiger partial charge in [0.25, 0.3) is 17.7 Å². The molecule has 44 heavy (non-hydrogen) atoms. The van der Waals surface area contributed by atoms with Crippen LogP contribution in [0.3, 0.4) is 0 Å². The van der Waals surface area contributed by atoms with Gasteiger partial charge < -0.3 is 21.7 Å². The zero-order valence-electron chi connectivity index (χ0n) is 24.9. The van der Waals surface area contributed by atoms with Gasteiger partial charge in [-0.05, 0) is 86.1 Å². The molecule has 2 aliphatic carbocycles. The van der Waals surface area contributed by atoms with Crippen molar-refractivity contribution in [2.45, 2.75) is 64.2 Å². The van der Waals surface area contributed by atoms with Gasteiger partial charge in [0.05, 0.1) is 22.4 Å². The van der Waals surface area contributed by atoms with E-state index in [2.05, 4.69) is 20.9 Å². The third-order valence-corrected chi connectivity index (χ3v) is 8.68. The third-order valence-electron chi connectivity index (χ3n) is 8.21. The molecule has 3 amide bonds. The molecule has 0 atom stereocenters. The normalized spacial score (nSPS) is 15.4. The number of hydrogen-bond donors (Lipinski definition) is 4. The molecule has 2 fully saturated rings. The van der Waals surface area contributed by atoms with Crippen LogP contribution in [0.2, 0.25) is 10.0 Å². The fourth-order valence-electron chi connectivity index (χ4n) is 5.68. The molecule has 0 radical (unpaired) electrons. The maximum absolute atomic E-state index is 12.6. The Labute approximate surface area is 269 Å². The average molecular weight is 639 g/mol. The standard InChI is InChI=1S/C20H22ClN3O2.C14H19ClN2O/c21-16-8-9-18(24-19(25)15-7-4-10-22-13-15)17(11-16)20(26)23-12-14-5-2-1-3-6-14;15-11-6-7-13(16)12(8-11)14(18)17-9-10-4-2-1-3-5-10/h4,7-11,13-14H,1-3,5-6,12H2,(H,23,26)(H,24,25);6-8,10H,1-5,9,16H2,(H,17,18). The van der Waals surface area contributed by atoms with Gasteiger partial charge in [-0.15, -0.1) is 0 Å². The summed E-state index contributed by atoms with van der Waals surface area (Å²) >= 11 is 11.9. The predicted octanol–water partition coefficient (Wildman–Crippen LogP) is 7.53. The summed E-state index contributed by atoms with van der Waals surface area (Å²) in [7, 11) is 0. The molecule has 234 valence electrons. The number of carbonyl (C=O) groups excluding carboxylic acids is 3. The quantitative estimate of drug-likeness (QED) is 0.190. The lowest BCUT2D eigenvalue weighted by Crippen LogP contribution is -2.31. The SMILES string of the molecule is Nc1ccc(Cl)cc1C(=O)NCC1CCCCC1.O=C(Nc1ccc(Cl)cc1C(=O)NCC1CCCCC1)c1cccnc1. The van der Waals surface area contributed by atoms with Crippen molar-refractivity contribution >= 4 is 52.3 Å². The van der Waals surface area contributed by atoms with E-state index >= 15 is 0 Å². The van der Waals surface area contributed by atoms with Gasteiger partial charge in [-0.25, -0.2) is 0 Å². The minimum Gasteiger partial charge on any atom is -0.398 e. The zero-order valence-corrected chi connectivity index (χ0v) is 26.4. The average Bonchev–Trinajstić information content (AvgIpc) is 3.06. The highest BCUT2D eigenvalue weighted by atomic mass is 35.5. The van der Waals surface area contributed by atoms with Crippen LogP contribution < -0.4 is 21.7 Å². The summed E-state index contributed by atoms with van der Waals surface area (Å²) in [6, 6.07) is 13.2. The van der Waals surface area contributed by atoms with Crippen molar-refractivity contribution in [1.82, 2.24) is 15.6 Å². The highest BCUT2D eigenvalue weighted by molar-refractivity contribution is 6.31. The smallest absolute Gasteiger partial charge is 0.257 e. The van der Waals surface area contributed by atoms with Crippen LogP contribution in [0.25, 0.3) is 0 Å². The molecule has 2 aliphatic rings. The predicted molar refractivity (Wildman–Crippen MR) is 177 cm³/mol. The van der Waals surface area contributed by atoms with Gasteiger partial charge in [-0.2, -0.15) is 0 Å². The Morgan fingerprint density at radius 3 is 1.84 bits per heavy atom. The Bertz CT molecular complexity index is 1410. The summed E-state index contributed by atoms with van der Waals surface area (Å²) in [5.41, 5.74) is 7.95. The summed E-state index contributed by atoms with van der Waals surface area (Å²) in [4.78, 5) is 41.0. The number of nitrogens with two attached hydrogens (primary N) is 1. The Hall–Kier alpha value is -3.62. The minimum atomic E-state index is -0.318. The van der Waals surface area contributed by atoms with E-state index in [4.69, 9.17) is 28.9 Å². The van der Waals surface area contributed by atoms with Crippen LogP contribution in [0.5, 0.6) is 0 Å². The van der Waals surface area contributed by atoms with E-state index < -0.39 is 0 Å². The minimum absolute atomic E-state index is 0.124. The van der Waals surface area contributed by atoms with Crippen LogP contribution in [0.15, 0.2) is 60.9 Å². The maximum atomic E-state index is 12.6. The molecular formula is C34H41Cl2N5O3. The maximum Gasteiger partial charge on any atom is 0.257 e. The highest BCUT2D eigenvalue weighted by Crippen LogP contribution is 2.25. The van der Waals surface area contributed by atoms with E-state index in [1.54, 1.807) is 54.7 Å². The van der Waals surface area contributed by atoms with Gasteiger partial charge in [0.15, 0.2) is 0 Å². The molecular weight excluding hydrogens is 597 g/mol. The summed E-state index contributed by atoms with van der Waals surface area (Å²) < 4.78 is 0. The second kappa shape index (κ2) is 17.0. The van der Waals surface area contributed by atoms with E-state index in [1.807, 2.05) is 0 Å². The van der Waals surface area contributed by atoms with E-state index in [-0.39, 0.29) is 17.7 Å². The van der Waals surface area contributed by atoms with Gasteiger partial charge in [-0.1, -0.05) is 61.7 Å². The Morgan fingerprint density at radius 2 is 1.27 bits per heavy atom. The first-order valence-corrected chi connectivity index (χ1v) is 16.2. The number of pyridine rings is 1. The van der Waals surface area contributed by atoms with Crippen molar-refractivity contribution in [3.05, 3.63) is 87.7 Å². The lowest BCUT2D eigenvalue weighted by atomic mass is 9.89. The molecule has 0 spiro atoms. The number of halogens is 2. The number of benzene rings is 2. The largest absolute Gasteiger partial charge is 0.398 e. The number of aromatic nitrogens is 1. The van der Waals surface area contributed by atoms with Gasteiger partial charge in [0.1, 0.15) is 0 Å². The van der Waals surface area contributed by atoms with Crippen LogP contribution in [-0.4, -0.2) is 35.8 Å². The lowest BCUT2D eigenvalue weighted by molar-refractivity contribution is 0.0936. The summed E-state index contributed by atoms with van der Waals surface area (Å²) in [6.07, 6.45) is 15.4. The molecule has 3 aromatic rings. The molecule has 2 aromatic carbocycles. The summed E-state index contributed by atoms with van der Waals surface area (Å²) in [6.45, 7) is 1.39. The molecule has 1 heterocycles. The molecule has 0 saturated heterocycles. The molecule has 5 N–H and O–H groups in total. The Morgan fingerprint density at radius 1 is 0.727 bits per heavy atom.